The molecule has 0 aromatic rings. The maximum atomic E-state index is 10.7. The van der Waals surface area contributed by atoms with Gasteiger partial charge in [0.25, 0.3) is 0 Å². The average Bonchev–Trinajstić information content (AvgIpc) is 2.09. The number of carbonyl (C=O) groups is 1. The van der Waals surface area contributed by atoms with Crippen molar-refractivity contribution in [2.45, 2.75) is 38.6 Å². The first-order valence-electron chi connectivity index (χ1n) is 5.70. The summed E-state index contributed by atoms with van der Waals surface area (Å²) in [4.78, 5) is 12.7. The van der Waals surface area contributed by atoms with E-state index in [0.29, 0.717) is 12.6 Å². The Morgan fingerprint density at radius 1 is 1.67 bits per heavy atom. The van der Waals surface area contributed by atoms with Gasteiger partial charge in [0, 0.05) is 12.6 Å². The zero-order valence-corrected chi connectivity index (χ0v) is 9.48. The second-order valence-corrected chi connectivity index (χ2v) is 4.49. The lowest BCUT2D eigenvalue weighted by Crippen LogP contribution is -2.39. The Bertz CT molecular complexity index is 224. The van der Waals surface area contributed by atoms with Crippen LogP contribution in [0.4, 0.5) is 0 Å². The fourth-order valence-electron chi connectivity index (χ4n) is 2.10. The SMILES string of the molecule is C=CCN(CC(=O)O)C(C)CC1CCC1. The molecule has 3 nitrogen and oxygen atoms in total. The molecule has 0 heterocycles. The first-order chi connectivity index (χ1) is 7.13. The molecule has 0 spiro atoms. The van der Waals surface area contributed by atoms with Crippen molar-refractivity contribution in [2.75, 3.05) is 13.1 Å². The summed E-state index contributed by atoms with van der Waals surface area (Å²) in [6, 6.07) is 0.351. The number of rotatable bonds is 7. The Morgan fingerprint density at radius 3 is 2.73 bits per heavy atom. The third-order valence-electron chi connectivity index (χ3n) is 3.22. The van der Waals surface area contributed by atoms with Gasteiger partial charge in [0.05, 0.1) is 6.54 Å². The monoisotopic (exact) mass is 211 g/mol. The van der Waals surface area contributed by atoms with Crippen LogP contribution in [0.2, 0.25) is 0 Å². The van der Waals surface area contributed by atoms with E-state index in [-0.39, 0.29) is 6.54 Å². The maximum Gasteiger partial charge on any atom is 0.317 e. The molecule has 0 saturated heterocycles. The average molecular weight is 211 g/mol. The Kier molecular flexibility index (Phi) is 4.82. The lowest BCUT2D eigenvalue weighted by molar-refractivity contribution is -0.138. The molecule has 1 aliphatic rings. The minimum atomic E-state index is -0.752. The van der Waals surface area contributed by atoms with E-state index in [1.165, 1.54) is 19.3 Å². The van der Waals surface area contributed by atoms with Gasteiger partial charge < -0.3 is 5.11 Å². The molecule has 0 aliphatic heterocycles. The van der Waals surface area contributed by atoms with Crippen molar-refractivity contribution < 1.29 is 9.90 Å². The molecule has 0 aromatic carbocycles. The summed E-state index contributed by atoms with van der Waals surface area (Å²) in [5, 5.41) is 8.79. The molecule has 1 rings (SSSR count). The summed E-state index contributed by atoms with van der Waals surface area (Å²) in [6.07, 6.45) is 6.89. The van der Waals surface area contributed by atoms with Crippen molar-refractivity contribution in [1.29, 1.82) is 0 Å². The molecule has 0 radical (unpaired) electrons. The first-order valence-corrected chi connectivity index (χ1v) is 5.70. The molecule has 1 N–H and O–H groups in total. The summed E-state index contributed by atoms with van der Waals surface area (Å²) in [6.45, 7) is 6.58. The Hall–Kier alpha value is -0.830. The van der Waals surface area contributed by atoms with Gasteiger partial charge in [0.15, 0.2) is 0 Å². The van der Waals surface area contributed by atoms with Gasteiger partial charge in [-0.25, -0.2) is 0 Å². The molecule has 0 aromatic heterocycles. The van der Waals surface area contributed by atoms with Gasteiger partial charge in [0.1, 0.15) is 0 Å². The predicted molar refractivity (Wildman–Crippen MR) is 60.8 cm³/mol. The maximum absolute atomic E-state index is 10.7. The molecule has 0 amide bonds. The van der Waals surface area contributed by atoms with Crippen molar-refractivity contribution in [3.63, 3.8) is 0 Å². The van der Waals surface area contributed by atoms with Gasteiger partial charge in [0.2, 0.25) is 0 Å². The third-order valence-corrected chi connectivity index (χ3v) is 3.22. The zero-order valence-electron chi connectivity index (χ0n) is 9.48. The number of nitrogens with zero attached hydrogens (tertiary/aromatic N) is 1. The van der Waals surface area contributed by atoms with Crippen molar-refractivity contribution >= 4 is 5.97 Å². The summed E-state index contributed by atoms with van der Waals surface area (Å²) >= 11 is 0. The van der Waals surface area contributed by atoms with E-state index in [9.17, 15) is 4.79 Å². The zero-order chi connectivity index (χ0) is 11.3. The lowest BCUT2D eigenvalue weighted by atomic mass is 9.81. The standard InChI is InChI=1S/C12H21NO2/c1-3-7-13(9-12(14)15)10(2)8-11-5-4-6-11/h3,10-11H,1,4-9H2,2H3,(H,14,15). The van der Waals surface area contributed by atoms with Crippen LogP contribution < -0.4 is 0 Å². The van der Waals surface area contributed by atoms with Gasteiger partial charge in [-0.05, 0) is 19.3 Å². The lowest BCUT2D eigenvalue weighted by Gasteiger charge is -2.33. The molecular weight excluding hydrogens is 190 g/mol. The third kappa shape index (κ3) is 4.04. The number of hydrogen-bond acceptors (Lipinski definition) is 2. The summed E-state index contributed by atoms with van der Waals surface area (Å²) < 4.78 is 0. The highest BCUT2D eigenvalue weighted by atomic mass is 16.4. The van der Waals surface area contributed by atoms with E-state index >= 15 is 0 Å². The fourth-order valence-corrected chi connectivity index (χ4v) is 2.10. The molecular formula is C12H21NO2. The molecule has 0 bridgehead atoms. The smallest absolute Gasteiger partial charge is 0.317 e. The Labute approximate surface area is 91.8 Å². The number of aliphatic carboxylic acids is 1. The number of hydrogen-bond donors (Lipinski definition) is 1. The van der Waals surface area contributed by atoms with Crippen LogP contribution in [-0.4, -0.2) is 35.1 Å². The normalized spacial score (nSPS) is 18.5. The van der Waals surface area contributed by atoms with Crippen LogP contribution in [0.25, 0.3) is 0 Å². The minimum absolute atomic E-state index is 0.125. The van der Waals surface area contributed by atoms with E-state index < -0.39 is 5.97 Å². The van der Waals surface area contributed by atoms with E-state index in [4.69, 9.17) is 5.11 Å². The topological polar surface area (TPSA) is 40.5 Å². The van der Waals surface area contributed by atoms with Crippen molar-refractivity contribution in [3.05, 3.63) is 12.7 Å². The summed E-state index contributed by atoms with van der Waals surface area (Å²) in [5.74, 6) is 0.0680. The number of carboxylic acids is 1. The molecule has 3 heteroatoms. The van der Waals surface area contributed by atoms with Crippen LogP contribution >= 0.6 is 0 Å². The molecule has 86 valence electrons. The van der Waals surface area contributed by atoms with Crippen LogP contribution in [0.3, 0.4) is 0 Å². The van der Waals surface area contributed by atoms with Crippen molar-refractivity contribution in [3.8, 4) is 0 Å². The first kappa shape index (κ1) is 12.2. The van der Waals surface area contributed by atoms with Crippen molar-refractivity contribution in [2.24, 2.45) is 5.92 Å². The quantitative estimate of drug-likeness (QED) is 0.656. The summed E-state index contributed by atoms with van der Waals surface area (Å²) in [7, 11) is 0. The van der Waals surface area contributed by atoms with Gasteiger partial charge in [-0.15, -0.1) is 6.58 Å². The second kappa shape index (κ2) is 5.91. The van der Waals surface area contributed by atoms with Gasteiger partial charge in [-0.1, -0.05) is 25.3 Å². The predicted octanol–water partition coefficient (Wildman–Crippen LogP) is 2.14. The molecule has 15 heavy (non-hydrogen) atoms. The van der Waals surface area contributed by atoms with Gasteiger partial charge in [-0.2, -0.15) is 0 Å². The Balaban J connectivity index is 2.37. The fraction of sp³-hybridized carbons (Fsp3) is 0.750. The van der Waals surface area contributed by atoms with E-state index in [0.717, 1.165) is 12.3 Å². The number of carboxylic acid groups (broad SMARTS) is 1. The molecule has 1 unspecified atom stereocenters. The van der Waals surface area contributed by atoms with Gasteiger partial charge in [-0.3, -0.25) is 9.69 Å². The minimum Gasteiger partial charge on any atom is -0.480 e. The van der Waals surface area contributed by atoms with Gasteiger partial charge >= 0.3 is 5.97 Å². The van der Waals surface area contributed by atoms with Crippen LogP contribution in [0, 0.1) is 5.92 Å². The van der Waals surface area contributed by atoms with Crippen LogP contribution in [0.5, 0.6) is 0 Å². The largest absolute Gasteiger partial charge is 0.480 e. The van der Waals surface area contributed by atoms with Crippen LogP contribution in [0.15, 0.2) is 12.7 Å². The molecule has 1 atom stereocenters. The highest BCUT2D eigenvalue weighted by Gasteiger charge is 2.23. The molecule has 1 saturated carbocycles. The highest BCUT2D eigenvalue weighted by molar-refractivity contribution is 5.69. The van der Waals surface area contributed by atoms with E-state index in [1.54, 1.807) is 6.08 Å². The molecule has 1 fully saturated rings. The van der Waals surface area contributed by atoms with Crippen LogP contribution in [0.1, 0.15) is 32.6 Å². The van der Waals surface area contributed by atoms with E-state index in [1.807, 2.05) is 4.90 Å². The van der Waals surface area contributed by atoms with Crippen molar-refractivity contribution in [1.82, 2.24) is 4.90 Å². The molecule has 1 aliphatic carbocycles. The van der Waals surface area contributed by atoms with E-state index in [2.05, 4.69) is 13.5 Å². The Morgan fingerprint density at radius 2 is 2.33 bits per heavy atom. The summed E-state index contributed by atoms with van der Waals surface area (Å²) in [5.41, 5.74) is 0. The second-order valence-electron chi connectivity index (χ2n) is 4.49. The highest BCUT2D eigenvalue weighted by Crippen LogP contribution is 2.31. The van der Waals surface area contributed by atoms with Crippen LogP contribution in [-0.2, 0) is 4.79 Å².